The first-order chi connectivity index (χ1) is 18.1. The first-order valence-electron chi connectivity index (χ1n) is 11.6. The molecule has 0 bridgehead atoms. The van der Waals surface area contributed by atoms with Gasteiger partial charge in [-0.15, -0.1) is 0 Å². The van der Waals surface area contributed by atoms with E-state index in [1.165, 1.54) is 35.4 Å². The minimum absolute atomic E-state index is 0.166. The summed E-state index contributed by atoms with van der Waals surface area (Å²) < 4.78 is 12.7. The Labute approximate surface area is 243 Å². The molecule has 0 aromatic heterocycles. The monoisotopic (exact) mass is 664 g/mol. The summed E-state index contributed by atoms with van der Waals surface area (Å²) in [5, 5.41) is 2.64. The highest BCUT2D eigenvalue weighted by molar-refractivity contribution is 14.1. The van der Waals surface area contributed by atoms with Crippen LogP contribution in [0.2, 0.25) is 10.0 Å². The van der Waals surface area contributed by atoms with Crippen LogP contribution in [0, 0.1) is 17.4 Å². The summed E-state index contributed by atoms with van der Waals surface area (Å²) in [7, 11) is 0. The average Bonchev–Trinajstić information content (AvgIpc) is 2.85. The summed E-state index contributed by atoms with van der Waals surface area (Å²) in [5.74, 6) is -0.574. The Kier molecular flexibility index (Phi) is 8.64. The maximum atomic E-state index is 13.3. The van der Waals surface area contributed by atoms with Gasteiger partial charge in [-0.2, -0.15) is 0 Å². The minimum Gasteiger partial charge on any atom is -0.490 e. The number of benzene rings is 3. The first kappa shape index (κ1) is 27.9. The lowest BCUT2D eigenvalue weighted by Gasteiger charge is -2.26. The Hall–Kier alpha value is -3.08. The highest BCUT2D eigenvalue weighted by Gasteiger charge is 2.37. The summed E-state index contributed by atoms with van der Waals surface area (Å²) in [5.41, 5.74) is 3.89. The number of carbonyl (C=O) groups is 3. The standard InChI is InChI=1S/C28H23Cl2IN2O5/c1-4-37-24-12-18(11-23(31)25(24)38-14-17-6-5-15(2)16(3)9-17)10-20-26(34)32-28(36)33(27(20)35)19-7-8-21(29)22(30)13-19/h5-13H,4,14H2,1-3H3,(H,32,34,36)/b20-10+. The fraction of sp³-hybridized carbons (Fsp3) is 0.179. The van der Waals surface area contributed by atoms with Crippen LogP contribution in [0.3, 0.4) is 0 Å². The minimum atomic E-state index is -0.879. The molecule has 0 spiro atoms. The number of rotatable bonds is 7. The number of anilines is 1. The Bertz CT molecular complexity index is 1490. The van der Waals surface area contributed by atoms with Gasteiger partial charge < -0.3 is 9.47 Å². The summed E-state index contributed by atoms with van der Waals surface area (Å²) in [6.45, 7) is 6.69. The van der Waals surface area contributed by atoms with Crippen molar-refractivity contribution in [2.75, 3.05) is 11.5 Å². The summed E-state index contributed by atoms with van der Waals surface area (Å²) >= 11 is 14.2. The van der Waals surface area contributed by atoms with Crippen molar-refractivity contribution in [2.24, 2.45) is 0 Å². The molecule has 4 rings (SSSR count). The number of nitrogens with zero attached hydrogens (tertiary/aromatic N) is 1. The van der Waals surface area contributed by atoms with Crippen molar-refractivity contribution in [1.29, 1.82) is 0 Å². The lowest BCUT2D eigenvalue weighted by atomic mass is 10.1. The molecule has 3 aromatic carbocycles. The fourth-order valence-electron chi connectivity index (χ4n) is 3.81. The zero-order valence-electron chi connectivity index (χ0n) is 20.7. The molecule has 3 aromatic rings. The van der Waals surface area contributed by atoms with Crippen molar-refractivity contribution >= 4 is 75.4 Å². The zero-order chi connectivity index (χ0) is 27.6. The third-order valence-corrected chi connectivity index (χ3v) is 7.40. The number of hydrogen-bond donors (Lipinski definition) is 1. The van der Waals surface area contributed by atoms with Crippen LogP contribution in [0.5, 0.6) is 11.5 Å². The third-order valence-electron chi connectivity index (χ3n) is 5.86. The van der Waals surface area contributed by atoms with Gasteiger partial charge in [0.25, 0.3) is 11.8 Å². The number of hydrogen-bond acceptors (Lipinski definition) is 5. The van der Waals surface area contributed by atoms with Crippen LogP contribution in [0.1, 0.15) is 29.2 Å². The molecule has 0 atom stereocenters. The predicted molar refractivity (Wildman–Crippen MR) is 156 cm³/mol. The Balaban J connectivity index is 1.66. The first-order valence-corrected chi connectivity index (χ1v) is 13.4. The molecule has 0 radical (unpaired) electrons. The maximum Gasteiger partial charge on any atom is 0.335 e. The lowest BCUT2D eigenvalue weighted by Crippen LogP contribution is -2.54. The maximum absolute atomic E-state index is 13.3. The molecule has 4 amide bonds. The number of amides is 4. The van der Waals surface area contributed by atoms with Gasteiger partial charge in [0.15, 0.2) is 11.5 Å². The summed E-state index contributed by atoms with van der Waals surface area (Å²) in [6, 6.07) is 13.0. The lowest BCUT2D eigenvalue weighted by molar-refractivity contribution is -0.122. The SMILES string of the molecule is CCOc1cc(/C=C2\C(=O)NC(=O)N(c3ccc(Cl)c(Cl)c3)C2=O)cc(I)c1OCc1ccc(C)c(C)c1. The van der Waals surface area contributed by atoms with E-state index in [4.69, 9.17) is 32.7 Å². The molecule has 196 valence electrons. The average molecular weight is 665 g/mol. The Morgan fingerprint density at radius 3 is 2.39 bits per heavy atom. The van der Waals surface area contributed by atoms with Crippen LogP contribution in [-0.4, -0.2) is 24.5 Å². The van der Waals surface area contributed by atoms with Gasteiger partial charge in [0.2, 0.25) is 0 Å². The molecule has 10 heteroatoms. The van der Waals surface area contributed by atoms with Gasteiger partial charge in [-0.1, -0.05) is 41.4 Å². The molecule has 1 heterocycles. The summed E-state index contributed by atoms with van der Waals surface area (Å²) in [6.07, 6.45) is 1.41. The van der Waals surface area contributed by atoms with Crippen molar-refractivity contribution < 1.29 is 23.9 Å². The molecule has 1 fully saturated rings. The number of halogens is 3. The van der Waals surface area contributed by atoms with Crippen molar-refractivity contribution in [3.05, 3.63) is 90.0 Å². The van der Waals surface area contributed by atoms with E-state index in [2.05, 4.69) is 53.9 Å². The second-order valence-electron chi connectivity index (χ2n) is 8.53. The molecule has 0 unspecified atom stereocenters. The fourth-order valence-corrected chi connectivity index (χ4v) is 4.88. The number of aryl methyl sites for hydroxylation is 2. The van der Waals surface area contributed by atoms with Gasteiger partial charge in [0.1, 0.15) is 12.2 Å². The Morgan fingerprint density at radius 2 is 1.71 bits per heavy atom. The molecule has 7 nitrogen and oxygen atoms in total. The largest absolute Gasteiger partial charge is 0.490 e. The zero-order valence-corrected chi connectivity index (χ0v) is 24.4. The van der Waals surface area contributed by atoms with Crippen LogP contribution in [0.4, 0.5) is 10.5 Å². The van der Waals surface area contributed by atoms with Crippen molar-refractivity contribution in [3.63, 3.8) is 0 Å². The van der Waals surface area contributed by atoms with E-state index in [9.17, 15) is 14.4 Å². The predicted octanol–water partition coefficient (Wildman–Crippen LogP) is 6.86. The molecule has 1 aliphatic rings. The van der Waals surface area contributed by atoms with E-state index in [0.29, 0.717) is 30.3 Å². The molecular formula is C28H23Cl2IN2O5. The van der Waals surface area contributed by atoms with Crippen LogP contribution in [0.15, 0.2) is 54.1 Å². The van der Waals surface area contributed by atoms with Crippen molar-refractivity contribution in [2.45, 2.75) is 27.4 Å². The number of urea groups is 1. The molecule has 0 aliphatic carbocycles. The molecular weight excluding hydrogens is 642 g/mol. The van der Waals surface area contributed by atoms with E-state index in [1.807, 2.05) is 13.0 Å². The van der Waals surface area contributed by atoms with Crippen LogP contribution < -0.4 is 19.7 Å². The van der Waals surface area contributed by atoms with E-state index >= 15 is 0 Å². The van der Waals surface area contributed by atoms with E-state index in [0.717, 1.165) is 14.0 Å². The summed E-state index contributed by atoms with van der Waals surface area (Å²) in [4.78, 5) is 39.2. The second kappa shape index (κ2) is 11.8. The second-order valence-corrected chi connectivity index (χ2v) is 10.5. The number of barbiturate groups is 1. The molecule has 38 heavy (non-hydrogen) atoms. The van der Waals surface area contributed by atoms with Gasteiger partial charge in [0.05, 0.1) is 25.9 Å². The molecule has 1 saturated heterocycles. The highest BCUT2D eigenvalue weighted by Crippen LogP contribution is 2.36. The number of nitrogens with one attached hydrogen (secondary N) is 1. The van der Waals surface area contributed by atoms with Gasteiger partial charge in [-0.05, 0) is 102 Å². The molecule has 0 saturated carbocycles. The van der Waals surface area contributed by atoms with Gasteiger partial charge in [-0.3, -0.25) is 14.9 Å². The van der Waals surface area contributed by atoms with E-state index in [1.54, 1.807) is 12.1 Å². The van der Waals surface area contributed by atoms with E-state index < -0.39 is 17.8 Å². The normalized spacial score (nSPS) is 14.6. The third kappa shape index (κ3) is 5.98. The molecule has 1 aliphatic heterocycles. The van der Waals surface area contributed by atoms with Crippen LogP contribution >= 0.6 is 45.8 Å². The van der Waals surface area contributed by atoms with Crippen LogP contribution in [0.25, 0.3) is 6.08 Å². The Morgan fingerprint density at radius 1 is 0.947 bits per heavy atom. The van der Waals surface area contributed by atoms with Gasteiger partial charge >= 0.3 is 6.03 Å². The van der Waals surface area contributed by atoms with Crippen molar-refractivity contribution in [1.82, 2.24) is 5.32 Å². The van der Waals surface area contributed by atoms with Gasteiger partial charge in [0, 0.05) is 0 Å². The highest BCUT2D eigenvalue weighted by atomic mass is 127. The van der Waals surface area contributed by atoms with Crippen molar-refractivity contribution in [3.8, 4) is 11.5 Å². The van der Waals surface area contributed by atoms with E-state index in [-0.39, 0.29) is 21.3 Å². The number of carbonyl (C=O) groups excluding carboxylic acids is 3. The number of imide groups is 2. The van der Waals surface area contributed by atoms with Gasteiger partial charge in [-0.25, -0.2) is 9.69 Å². The number of ether oxygens (including phenoxy) is 2. The quantitative estimate of drug-likeness (QED) is 0.170. The smallest absolute Gasteiger partial charge is 0.335 e. The topological polar surface area (TPSA) is 84.9 Å². The molecule has 1 N–H and O–H groups in total. The van der Waals surface area contributed by atoms with Crippen LogP contribution in [-0.2, 0) is 16.2 Å².